The number of rotatable bonds is 8. The second-order valence-electron chi connectivity index (χ2n) is 6.83. The highest BCUT2D eigenvalue weighted by molar-refractivity contribution is 5.73. The maximum atomic E-state index is 13.4. The zero-order valence-corrected chi connectivity index (χ0v) is 17.1. The third kappa shape index (κ3) is 4.83. The molecule has 1 amide bonds. The Labute approximate surface area is 170 Å². The molecule has 0 radical (unpaired) electrons. The Hall–Kier alpha value is -3.15. The molecule has 5 nitrogen and oxygen atoms in total. The number of aryl methyl sites for hydroxylation is 1. The van der Waals surface area contributed by atoms with Crippen molar-refractivity contribution in [2.45, 2.75) is 40.2 Å². The number of carbonyl (C=O) groups excluding carboxylic acids is 1. The van der Waals surface area contributed by atoms with Gasteiger partial charge >= 0.3 is 0 Å². The van der Waals surface area contributed by atoms with Crippen molar-refractivity contribution in [1.29, 1.82) is 0 Å². The van der Waals surface area contributed by atoms with Gasteiger partial charge in [-0.05, 0) is 49.2 Å². The van der Waals surface area contributed by atoms with Crippen molar-refractivity contribution in [3.05, 3.63) is 71.7 Å². The monoisotopic (exact) mass is 395 g/mol. The number of para-hydroxylation sites is 1. The molecule has 0 saturated heterocycles. The fraction of sp³-hybridized carbons (Fsp3) is 0.304. The van der Waals surface area contributed by atoms with Gasteiger partial charge in [0.25, 0.3) is 0 Å². The molecule has 0 aliphatic carbocycles. The lowest BCUT2D eigenvalue weighted by Crippen LogP contribution is -2.29. The maximum Gasteiger partial charge on any atom is 0.227 e. The summed E-state index contributed by atoms with van der Waals surface area (Å²) in [6.45, 7) is 6.70. The molecule has 0 spiro atoms. The topological polar surface area (TPSA) is 47.4 Å². The van der Waals surface area contributed by atoms with E-state index in [4.69, 9.17) is 9.84 Å². The normalized spacial score (nSPS) is 10.8. The van der Waals surface area contributed by atoms with Crippen LogP contribution in [0.1, 0.15) is 38.4 Å². The summed E-state index contributed by atoms with van der Waals surface area (Å²) in [7, 11) is 0. The number of aromatic nitrogens is 2. The summed E-state index contributed by atoms with van der Waals surface area (Å²) in [5.41, 5.74) is 2.41. The lowest BCUT2D eigenvalue weighted by Gasteiger charge is -2.21. The average molecular weight is 395 g/mol. The Morgan fingerprint density at radius 2 is 1.79 bits per heavy atom. The van der Waals surface area contributed by atoms with E-state index >= 15 is 0 Å². The van der Waals surface area contributed by atoms with Crippen LogP contribution in [0.5, 0.6) is 11.6 Å². The average Bonchev–Trinajstić information content (AvgIpc) is 3.06. The number of nitrogens with zero attached hydrogens (tertiary/aromatic N) is 3. The molecule has 0 atom stereocenters. The smallest absolute Gasteiger partial charge is 0.227 e. The first kappa shape index (κ1) is 20.6. The first-order chi connectivity index (χ1) is 14.0. The van der Waals surface area contributed by atoms with Gasteiger partial charge in [0.15, 0.2) is 0 Å². The zero-order valence-electron chi connectivity index (χ0n) is 17.1. The molecule has 1 aromatic heterocycles. The molecule has 152 valence electrons. The molecule has 0 bridgehead atoms. The van der Waals surface area contributed by atoms with Crippen LogP contribution in [0.2, 0.25) is 0 Å². The zero-order chi connectivity index (χ0) is 20.8. The Balaban J connectivity index is 2.11. The SMILES string of the molecule is CCCN(Cc1c(CC)nn(-c2ccc(F)cc2)c1Oc1ccccc1)C(C)=O. The van der Waals surface area contributed by atoms with Crippen LogP contribution in [0.25, 0.3) is 5.69 Å². The van der Waals surface area contributed by atoms with E-state index in [0.29, 0.717) is 36.8 Å². The molecular formula is C23H26FN3O2. The van der Waals surface area contributed by atoms with Crippen LogP contribution >= 0.6 is 0 Å². The van der Waals surface area contributed by atoms with Gasteiger partial charge in [-0.3, -0.25) is 4.79 Å². The van der Waals surface area contributed by atoms with Crippen molar-refractivity contribution >= 4 is 5.91 Å². The van der Waals surface area contributed by atoms with Gasteiger partial charge < -0.3 is 9.64 Å². The molecule has 0 fully saturated rings. The summed E-state index contributed by atoms with van der Waals surface area (Å²) in [5.74, 6) is 0.911. The van der Waals surface area contributed by atoms with Gasteiger partial charge in [0, 0.05) is 13.5 Å². The summed E-state index contributed by atoms with van der Waals surface area (Å²) >= 11 is 0. The van der Waals surface area contributed by atoms with Gasteiger partial charge in [0.1, 0.15) is 11.6 Å². The largest absolute Gasteiger partial charge is 0.439 e. The summed E-state index contributed by atoms with van der Waals surface area (Å²) in [6, 6.07) is 15.6. The van der Waals surface area contributed by atoms with Gasteiger partial charge in [-0.15, -0.1) is 0 Å². The quantitative estimate of drug-likeness (QED) is 0.532. The molecule has 1 heterocycles. The van der Waals surface area contributed by atoms with Crippen LogP contribution in [-0.4, -0.2) is 27.1 Å². The van der Waals surface area contributed by atoms with Crippen LogP contribution in [0.4, 0.5) is 4.39 Å². The minimum Gasteiger partial charge on any atom is -0.439 e. The van der Waals surface area contributed by atoms with E-state index in [-0.39, 0.29) is 11.7 Å². The molecule has 0 saturated carbocycles. The molecule has 2 aromatic carbocycles. The van der Waals surface area contributed by atoms with Gasteiger partial charge in [0.2, 0.25) is 11.8 Å². The van der Waals surface area contributed by atoms with Crippen molar-refractivity contribution in [1.82, 2.24) is 14.7 Å². The lowest BCUT2D eigenvalue weighted by atomic mass is 10.1. The Kier molecular flexibility index (Phi) is 6.65. The van der Waals surface area contributed by atoms with Crippen LogP contribution in [0.15, 0.2) is 54.6 Å². The number of halogens is 1. The van der Waals surface area contributed by atoms with Gasteiger partial charge in [-0.1, -0.05) is 32.0 Å². The van der Waals surface area contributed by atoms with E-state index in [2.05, 4.69) is 0 Å². The van der Waals surface area contributed by atoms with Crippen LogP contribution in [0, 0.1) is 5.82 Å². The van der Waals surface area contributed by atoms with Gasteiger partial charge in [0.05, 0.1) is 23.5 Å². The minimum atomic E-state index is -0.312. The van der Waals surface area contributed by atoms with E-state index in [9.17, 15) is 9.18 Å². The Morgan fingerprint density at radius 1 is 1.10 bits per heavy atom. The number of ether oxygens (including phenoxy) is 1. The lowest BCUT2D eigenvalue weighted by molar-refractivity contribution is -0.129. The molecule has 3 aromatic rings. The molecule has 0 aliphatic rings. The van der Waals surface area contributed by atoms with Crippen LogP contribution in [-0.2, 0) is 17.8 Å². The van der Waals surface area contributed by atoms with E-state index in [1.165, 1.54) is 12.1 Å². The first-order valence-electron chi connectivity index (χ1n) is 9.88. The summed E-state index contributed by atoms with van der Waals surface area (Å²) in [6.07, 6.45) is 1.55. The standard InChI is InChI=1S/C23H26FN3O2/c1-4-15-26(17(3)28)16-21-22(5-2)25-27(19-13-11-18(24)12-14-19)23(21)29-20-9-7-6-8-10-20/h6-14H,4-5,15-16H2,1-3H3. The third-order valence-electron chi connectivity index (χ3n) is 4.67. The van der Waals surface area contributed by atoms with Gasteiger partial charge in [-0.25, -0.2) is 9.07 Å². The third-order valence-corrected chi connectivity index (χ3v) is 4.67. The molecule has 29 heavy (non-hydrogen) atoms. The highest BCUT2D eigenvalue weighted by atomic mass is 19.1. The van der Waals surface area contributed by atoms with Crippen molar-refractivity contribution in [3.63, 3.8) is 0 Å². The number of hydrogen-bond acceptors (Lipinski definition) is 3. The van der Waals surface area contributed by atoms with Crippen LogP contribution < -0.4 is 4.74 Å². The molecule has 0 unspecified atom stereocenters. The molecular weight excluding hydrogens is 369 g/mol. The number of hydrogen-bond donors (Lipinski definition) is 0. The van der Waals surface area contributed by atoms with E-state index < -0.39 is 0 Å². The Morgan fingerprint density at radius 3 is 2.38 bits per heavy atom. The highest BCUT2D eigenvalue weighted by Gasteiger charge is 2.23. The molecule has 3 rings (SSSR count). The predicted octanol–water partition coefficient (Wildman–Crippen LogP) is 5.12. The van der Waals surface area contributed by atoms with E-state index in [1.807, 2.05) is 44.2 Å². The number of amides is 1. The van der Waals surface area contributed by atoms with Crippen LogP contribution in [0.3, 0.4) is 0 Å². The summed E-state index contributed by atoms with van der Waals surface area (Å²) < 4.78 is 21.4. The number of benzene rings is 2. The summed E-state index contributed by atoms with van der Waals surface area (Å²) in [4.78, 5) is 13.9. The van der Waals surface area contributed by atoms with Crippen molar-refractivity contribution in [3.8, 4) is 17.3 Å². The maximum absolute atomic E-state index is 13.4. The molecule has 6 heteroatoms. The second kappa shape index (κ2) is 9.37. The van der Waals surface area contributed by atoms with Crippen molar-refractivity contribution < 1.29 is 13.9 Å². The summed E-state index contributed by atoms with van der Waals surface area (Å²) in [5, 5.41) is 4.73. The molecule has 0 N–H and O–H groups in total. The van der Waals surface area contributed by atoms with Crippen molar-refractivity contribution in [2.24, 2.45) is 0 Å². The minimum absolute atomic E-state index is 0.00842. The Bertz CT molecular complexity index is 952. The van der Waals surface area contributed by atoms with E-state index in [1.54, 1.807) is 28.6 Å². The fourth-order valence-corrected chi connectivity index (χ4v) is 3.19. The first-order valence-corrected chi connectivity index (χ1v) is 9.88. The van der Waals surface area contributed by atoms with E-state index in [0.717, 1.165) is 17.7 Å². The van der Waals surface area contributed by atoms with Gasteiger partial charge in [-0.2, -0.15) is 5.10 Å². The molecule has 0 aliphatic heterocycles. The number of carbonyl (C=O) groups is 1. The fourth-order valence-electron chi connectivity index (χ4n) is 3.19. The predicted molar refractivity (Wildman–Crippen MR) is 111 cm³/mol. The highest BCUT2D eigenvalue weighted by Crippen LogP contribution is 2.32. The second-order valence-corrected chi connectivity index (χ2v) is 6.83. The van der Waals surface area contributed by atoms with Crippen molar-refractivity contribution in [2.75, 3.05) is 6.54 Å².